The summed E-state index contributed by atoms with van der Waals surface area (Å²) in [5.41, 5.74) is 0. The first-order chi connectivity index (χ1) is 1.73. The van der Waals surface area contributed by atoms with Crippen LogP contribution in [-0.4, -0.2) is 8.80 Å². The Kier molecular flexibility index (Phi) is 10.2. The Bertz CT molecular complexity index is 11.6. The molecule has 0 aromatic carbocycles. The molecule has 0 bridgehead atoms. The molecule has 0 spiro atoms. The van der Waals surface area contributed by atoms with Gasteiger partial charge in [-0.15, -0.1) is 0 Å². The van der Waals surface area contributed by atoms with Crippen LogP contribution >= 0.6 is 0 Å². The average Bonchev–Trinajstić information content (AvgIpc) is 0.811. The minimum atomic E-state index is 0. The van der Waals surface area contributed by atoms with E-state index in [-0.39, 0.29) is 41.5 Å². The molecule has 0 aromatic heterocycles. The summed E-state index contributed by atoms with van der Waals surface area (Å²) < 4.78 is 0. The predicted molar refractivity (Wildman–Crippen MR) is 23.3 cm³/mol. The van der Waals surface area contributed by atoms with Crippen LogP contribution < -0.4 is 0 Å². The normalized spacial score (nSPS) is 7.20. The fourth-order valence-corrected chi connectivity index (χ4v) is 0. The standard InChI is InChI=1S/C3H9Si.Y/c1-4(2)3;/h1-3H3;. The quantitative estimate of drug-likeness (QED) is 0.472. The molecule has 28 valence electrons. The van der Waals surface area contributed by atoms with Gasteiger partial charge in [0, 0.05) is 41.5 Å². The van der Waals surface area contributed by atoms with Crippen molar-refractivity contribution in [1.82, 2.24) is 0 Å². The van der Waals surface area contributed by atoms with Gasteiger partial charge in [-0.2, -0.15) is 0 Å². The van der Waals surface area contributed by atoms with Crippen molar-refractivity contribution in [2.24, 2.45) is 0 Å². The molecule has 0 saturated heterocycles. The topological polar surface area (TPSA) is 0 Å². The predicted octanol–water partition coefficient (Wildman–Crippen LogP) is 1.37. The molecule has 2 heteroatoms. The average molecular weight is 162 g/mol. The zero-order valence-electron chi connectivity index (χ0n) is 4.08. The van der Waals surface area contributed by atoms with Crippen molar-refractivity contribution < 1.29 is 32.7 Å². The Hall–Kier alpha value is 1.32. The van der Waals surface area contributed by atoms with Gasteiger partial charge < -0.3 is 0 Å². The third-order valence-corrected chi connectivity index (χ3v) is 0. The van der Waals surface area contributed by atoms with Crippen LogP contribution in [0, 0.1) is 0 Å². The molecule has 0 heterocycles. The molecule has 0 fully saturated rings. The molecule has 5 heavy (non-hydrogen) atoms. The first-order valence-electron chi connectivity index (χ1n) is 1.50. The third-order valence-electron chi connectivity index (χ3n) is 0. The van der Waals surface area contributed by atoms with E-state index in [2.05, 4.69) is 19.6 Å². The second kappa shape index (κ2) is 5.32. The fraction of sp³-hybridized carbons (Fsp3) is 1.00. The maximum absolute atomic E-state index is 2.27. The molecule has 2 radical (unpaired) electrons. The van der Waals surface area contributed by atoms with E-state index in [4.69, 9.17) is 0 Å². The Labute approximate surface area is 60.8 Å². The van der Waals surface area contributed by atoms with Crippen LogP contribution in [-0.2, 0) is 32.7 Å². The smallest absolute Gasteiger partial charge is 0.0379 e. The van der Waals surface area contributed by atoms with Crippen molar-refractivity contribution in [3.63, 3.8) is 0 Å². The van der Waals surface area contributed by atoms with Gasteiger partial charge in [-0.05, 0) is 0 Å². The molecule has 0 saturated carbocycles. The first kappa shape index (κ1) is 9.59. The van der Waals surface area contributed by atoms with E-state index in [0.717, 1.165) is 0 Å². The minimum absolute atomic E-state index is 0. The van der Waals surface area contributed by atoms with Gasteiger partial charge in [0.15, 0.2) is 0 Å². The number of rotatable bonds is 0. The van der Waals surface area contributed by atoms with Gasteiger partial charge in [0.1, 0.15) is 0 Å². The van der Waals surface area contributed by atoms with Crippen molar-refractivity contribution in [3.05, 3.63) is 0 Å². The summed E-state index contributed by atoms with van der Waals surface area (Å²) in [7, 11) is 0.120. The fourth-order valence-electron chi connectivity index (χ4n) is 0. The summed E-state index contributed by atoms with van der Waals surface area (Å²) >= 11 is 0. The van der Waals surface area contributed by atoms with Crippen molar-refractivity contribution >= 4 is 8.80 Å². The van der Waals surface area contributed by atoms with Crippen molar-refractivity contribution in [3.8, 4) is 0 Å². The monoisotopic (exact) mass is 162 g/mol. The van der Waals surface area contributed by atoms with Crippen LogP contribution in [0.15, 0.2) is 0 Å². The van der Waals surface area contributed by atoms with Crippen LogP contribution in [0.3, 0.4) is 0 Å². The van der Waals surface area contributed by atoms with Gasteiger partial charge in [-0.3, -0.25) is 0 Å². The Morgan fingerprint density at radius 2 is 1.00 bits per heavy atom. The van der Waals surface area contributed by atoms with Gasteiger partial charge >= 0.3 is 0 Å². The van der Waals surface area contributed by atoms with Crippen LogP contribution in [0.25, 0.3) is 0 Å². The largest absolute Gasteiger partial charge is 0.0715 e. The molecule has 0 N–H and O–H groups in total. The summed E-state index contributed by atoms with van der Waals surface area (Å²) in [6.45, 7) is 6.81. The summed E-state index contributed by atoms with van der Waals surface area (Å²) in [5.74, 6) is 0. The Morgan fingerprint density at radius 3 is 1.00 bits per heavy atom. The second-order valence-corrected chi connectivity index (χ2v) is 4.50. The van der Waals surface area contributed by atoms with Crippen molar-refractivity contribution in [2.75, 3.05) is 0 Å². The third kappa shape index (κ3) is 33.6. The van der Waals surface area contributed by atoms with E-state index in [1.54, 1.807) is 0 Å². The molecule has 0 aliphatic rings. The van der Waals surface area contributed by atoms with Gasteiger partial charge in [-0.1, -0.05) is 19.6 Å². The summed E-state index contributed by atoms with van der Waals surface area (Å²) in [6.07, 6.45) is 0. The van der Waals surface area contributed by atoms with E-state index < -0.39 is 0 Å². The molecule has 0 atom stereocenters. The minimum Gasteiger partial charge on any atom is -0.0715 e. The first-order valence-corrected chi connectivity index (χ1v) is 4.50. The summed E-state index contributed by atoms with van der Waals surface area (Å²) in [5, 5.41) is 0. The second-order valence-electron chi connectivity index (χ2n) is 1.50. The molecule has 0 nitrogen and oxygen atoms in total. The van der Waals surface area contributed by atoms with E-state index in [0.29, 0.717) is 0 Å². The number of hydrogen-bond donors (Lipinski definition) is 0. The van der Waals surface area contributed by atoms with E-state index in [1.807, 2.05) is 0 Å². The van der Waals surface area contributed by atoms with Crippen LogP contribution in [0.5, 0.6) is 0 Å². The Morgan fingerprint density at radius 1 is 1.00 bits per heavy atom. The van der Waals surface area contributed by atoms with Crippen LogP contribution in [0.2, 0.25) is 19.6 Å². The SMILES string of the molecule is C[Si](C)C.[Y]. The zero-order chi connectivity index (χ0) is 3.58. The summed E-state index contributed by atoms with van der Waals surface area (Å²) in [4.78, 5) is 0. The summed E-state index contributed by atoms with van der Waals surface area (Å²) in [6, 6.07) is 0. The van der Waals surface area contributed by atoms with Crippen molar-refractivity contribution in [2.45, 2.75) is 19.6 Å². The van der Waals surface area contributed by atoms with Gasteiger partial charge in [0.2, 0.25) is 0 Å². The molecule has 0 rings (SSSR count). The molecule has 0 aliphatic carbocycles. The maximum Gasteiger partial charge on any atom is 0.0379 e. The zero-order valence-corrected chi connectivity index (χ0v) is 7.92. The molecule has 0 amide bonds. The van der Waals surface area contributed by atoms with Gasteiger partial charge in [0.25, 0.3) is 0 Å². The van der Waals surface area contributed by atoms with E-state index >= 15 is 0 Å². The molecular weight excluding hydrogens is 153 g/mol. The van der Waals surface area contributed by atoms with Crippen molar-refractivity contribution in [1.29, 1.82) is 0 Å². The van der Waals surface area contributed by atoms with Gasteiger partial charge in [-0.25, -0.2) is 0 Å². The van der Waals surface area contributed by atoms with E-state index in [1.165, 1.54) is 0 Å². The molecular formula is C3H9SiY. The number of hydrogen-bond acceptors (Lipinski definition) is 0. The molecule has 0 unspecified atom stereocenters. The molecule has 0 aromatic rings. The van der Waals surface area contributed by atoms with E-state index in [9.17, 15) is 0 Å². The van der Waals surface area contributed by atoms with Crippen LogP contribution in [0.1, 0.15) is 0 Å². The Balaban J connectivity index is 0. The maximum atomic E-state index is 2.27. The van der Waals surface area contributed by atoms with Crippen LogP contribution in [0.4, 0.5) is 0 Å². The molecule has 0 aliphatic heterocycles. The van der Waals surface area contributed by atoms with Gasteiger partial charge in [0.05, 0.1) is 0 Å².